The van der Waals surface area contributed by atoms with Crippen molar-refractivity contribution in [3.8, 4) is 0 Å². The molecule has 2 aromatic rings. The van der Waals surface area contributed by atoms with E-state index in [0.29, 0.717) is 12.0 Å². The molecule has 1 N–H and O–H groups in total. The van der Waals surface area contributed by atoms with E-state index in [1.54, 1.807) is 6.07 Å². The molecule has 0 saturated heterocycles. The lowest BCUT2D eigenvalue weighted by Crippen LogP contribution is -2.20. The van der Waals surface area contributed by atoms with Crippen molar-refractivity contribution in [1.29, 1.82) is 0 Å². The van der Waals surface area contributed by atoms with Crippen LogP contribution in [0.4, 0.5) is 8.78 Å². The van der Waals surface area contributed by atoms with Crippen LogP contribution in [0.3, 0.4) is 0 Å². The Morgan fingerprint density at radius 3 is 2.65 bits per heavy atom. The van der Waals surface area contributed by atoms with Crippen LogP contribution in [0.25, 0.3) is 0 Å². The van der Waals surface area contributed by atoms with Gasteiger partial charge in [-0.1, -0.05) is 45.8 Å². The molecular weight excluding hydrogens is 324 g/mol. The predicted octanol–water partition coefficient (Wildman–Crippen LogP) is 4.54. The molecular formula is C16H16BrF2N. The zero-order chi connectivity index (χ0) is 14.7. The first-order valence-corrected chi connectivity index (χ1v) is 7.18. The summed E-state index contributed by atoms with van der Waals surface area (Å²) in [6.45, 7) is 2.01. The summed E-state index contributed by atoms with van der Waals surface area (Å²) in [6.07, 6.45) is 0.391. The van der Waals surface area contributed by atoms with Crippen molar-refractivity contribution < 1.29 is 8.78 Å². The van der Waals surface area contributed by atoms with Gasteiger partial charge in [0.05, 0.1) is 0 Å². The molecule has 1 atom stereocenters. The number of rotatable bonds is 4. The van der Waals surface area contributed by atoms with E-state index in [2.05, 4.69) is 21.2 Å². The van der Waals surface area contributed by atoms with Crippen molar-refractivity contribution in [2.45, 2.75) is 19.4 Å². The van der Waals surface area contributed by atoms with Gasteiger partial charge in [-0.3, -0.25) is 0 Å². The Morgan fingerprint density at radius 2 is 1.95 bits per heavy atom. The number of hydrogen-bond acceptors (Lipinski definition) is 1. The summed E-state index contributed by atoms with van der Waals surface area (Å²) in [5, 5.41) is 3.16. The topological polar surface area (TPSA) is 12.0 Å². The summed E-state index contributed by atoms with van der Waals surface area (Å²) >= 11 is 3.51. The highest BCUT2D eigenvalue weighted by molar-refractivity contribution is 9.10. The number of likely N-dealkylation sites (N-methyl/N-ethyl adjacent to an activating group) is 1. The number of nitrogens with one attached hydrogen (secondary N) is 1. The van der Waals surface area contributed by atoms with Crippen molar-refractivity contribution in [3.63, 3.8) is 0 Å². The number of aryl methyl sites for hydroxylation is 1. The minimum absolute atomic E-state index is 0.0828. The van der Waals surface area contributed by atoms with E-state index in [-0.39, 0.29) is 6.04 Å². The minimum Gasteiger partial charge on any atom is -0.313 e. The molecule has 0 heterocycles. The van der Waals surface area contributed by atoms with Crippen molar-refractivity contribution in [2.75, 3.05) is 7.05 Å². The Balaban J connectivity index is 2.34. The Bertz CT molecular complexity index is 613. The van der Waals surface area contributed by atoms with Crippen LogP contribution in [0, 0.1) is 18.6 Å². The highest BCUT2D eigenvalue weighted by atomic mass is 79.9. The average Bonchev–Trinajstić information content (AvgIpc) is 2.43. The van der Waals surface area contributed by atoms with Crippen LogP contribution in [0.1, 0.15) is 22.7 Å². The third-order valence-corrected chi connectivity index (χ3v) is 4.05. The van der Waals surface area contributed by atoms with E-state index < -0.39 is 11.6 Å². The SMILES string of the molecule is CNC(Cc1cccc(F)c1F)c1cc(C)ccc1Br. The van der Waals surface area contributed by atoms with Crippen molar-refractivity contribution in [2.24, 2.45) is 0 Å². The van der Waals surface area contributed by atoms with Gasteiger partial charge in [0.25, 0.3) is 0 Å². The summed E-state index contributed by atoms with van der Waals surface area (Å²) in [6, 6.07) is 10.2. The molecule has 0 aromatic heterocycles. The maximum absolute atomic E-state index is 13.8. The molecule has 0 aliphatic heterocycles. The Hall–Kier alpha value is -1.26. The zero-order valence-corrected chi connectivity index (χ0v) is 13.0. The summed E-state index contributed by atoms with van der Waals surface area (Å²) in [5.74, 6) is -1.57. The summed E-state index contributed by atoms with van der Waals surface area (Å²) in [7, 11) is 1.82. The minimum atomic E-state index is -0.805. The van der Waals surface area contributed by atoms with E-state index in [1.807, 2.05) is 32.2 Å². The van der Waals surface area contributed by atoms with Crippen molar-refractivity contribution in [1.82, 2.24) is 5.32 Å². The fourth-order valence-electron chi connectivity index (χ4n) is 2.22. The molecule has 2 rings (SSSR count). The van der Waals surface area contributed by atoms with Gasteiger partial charge in [0.15, 0.2) is 11.6 Å². The van der Waals surface area contributed by atoms with Gasteiger partial charge < -0.3 is 5.32 Å². The first-order chi connectivity index (χ1) is 9.52. The number of benzene rings is 2. The van der Waals surface area contributed by atoms with Crippen LogP contribution in [-0.2, 0) is 6.42 Å². The first kappa shape index (κ1) is 15.1. The Kier molecular flexibility index (Phi) is 4.89. The van der Waals surface area contributed by atoms with Crippen LogP contribution in [0.5, 0.6) is 0 Å². The lowest BCUT2D eigenvalue weighted by Gasteiger charge is -2.19. The van der Waals surface area contributed by atoms with Gasteiger partial charge in [0, 0.05) is 10.5 Å². The summed E-state index contributed by atoms with van der Waals surface area (Å²) < 4.78 is 28.0. The molecule has 0 aliphatic carbocycles. The lowest BCUT2D eigenvalue weighted by atomic mass is 9.97. The van der Waals surface area contributed by atoms with Crippen molar-refractivity contribution in [3.05, 3.63) is 69.2 Å². The second-order valence-corrected chi connectivity index (χ2v) is 5.64. The van der Waals surface area contributed by atoms with Crippen LogP contribution >= 0.6 is 15.9 Å². The van der Waals surface area contributed by atoms with Gasteiger partial charge in [-0.25, -0.2) is 8.78 Å². The fourth-order valence-corrected chi connectivity index (χ4v) is 2.75. The zero-order valence-electron chi connectivity index (χ0n) is 11.4. The molecule has 20 heavy (non-hydrogen) atoms. The average molecular weight is 340 g/mol. The third kappa shape index (κ3) is 3.25. The second-order valence-electron chi connectivity index (χ2n) is 4.78. The van der Waals surface area contributed by atoms with Gasteiger partial charge in [-0.15, -0.1) is 0 Å². The van der Waals surface area contributed by atoms with E-state index in [1.165, 1.54) is 6.07 Å². The molecule has 0 fully saturated rings. The fraction of sp³-hybridized carbons (Fsp3) is 0.250. The molecule has 4 heteroatoms. The molecule has 1 nitrogen and oxygen atoms in total. The molecule has 0 spiro atoms. The number of halogens is 3. The summed E-state index contributed by atoms with van der Waals surface area (Å²) in [4.78, 5) is 0. The molecule has 106 valence electrons. The first-order valence-electron chi connectivity index (χ1n) is 6.39. The monoisotopic (exact) mass is 339 g/mol. The van der Waals surface area contributed by atoms with Gasteiger partial charge >= 0.3 is 0 Å². The molecule has 0 radical (unpaired) electrons. The quantitative estimate of drug-likeness (QED) is 0.862. The third-order valence-electron chi connectivity index (χ3n) is 3.33. The molecule has 0 saturated carbocycles. The number of hydrogen-bond donors (Lipinski definition) is 1. The van der Waals surface area contributed by atoms with Gasteiger partial charge in [0.1, 0.15) is 0 Å². The van der Waals surface area contributed by atoms with Crippen molar-refractivity contribution >= 4 is 15.9 Å². The standard InChI is InChI=1S/C16H16BrF2N/c1-10-6-7-13(17)12(8-10)15(20-2)9-11-4-3-5-14(18)16(11)19/h3-8,15,20H,9H2,1-2H3. The van der Waals surface area contributed by atoms with Gasteiger partial charge in [0.2, 0.25) is 0 Å². The van der Waals surface area contributed by atoms with Crippen LogP contribution < -0.4 is 5.32 Å². The normalized spacial score (nSPS) is 12.4. The molecule has 1 unspecified atom stereocenters. The second kappa shape index (κ2) is 6.46. The van der Waals surface area contributed by atoms with E-state index in [9.17, 15) is 8.78 Å². The molecule has 0 aliphatic rings. The highest BCUT2D eigenvalue weighted by Gasteiger charge is 2.17. The molecule has 0 amide bonds. The largest absolute Gasteiger partial charge is 0.313 e. The van der Waals surface area contributed by atoms with Gasteiger partial charge in [-0.05, 0) is 43.7 Å². The van der Waals surface area contributed by atoms with Crippen LogP contribution in [-0.4, -0.2) is 7.05 Å². The molecule has 2 aromatic carbocycles. The lowest BCUT2D eigenvalue weighted by molar-refractivity contribution is 0.486. The molecule has 0 bridgehead atoms. The van der Waals surface area contributed by atoms with E-state index >= 15 is 0 Å². The van der Waals surface area contributed by atoms with E-state index in [0.717, 1.165) is 21.7 Å². The van der Waals surface area contributed by atoms with E-state index in [4.69, 9.17) is 0 Å². The Labute approximate surface area is 126 Å². The maximum atomic E-state index is 13.8. The van der Waals surface area contributed by atoms with Crippen LogP contribution in [0.15, 0.2) is 40.9 Å². The van der Waals surface area contributed by atoms with Gasteiger partial charge in [-0.2, -0.15) is 0 Å². The Morgan fingerprint density at radius 1 is 1.20 bits per heavy atom. The van der Waals surface area contributed by atoms with Crippen LogP contribution in [0.2, 0.25) is 0 Å². The smallest absolute Gasteiger partial charge is 0.162 e. The summed E-state index contributed by atoms with van der Waals surface area (Å²) in [5.41, 5.74) is 2.54. The highest BCUT2D eigenvalue weighted by Crippen LogP contribution is 2.28. The predicted molar refractivity (Wildman–Crippen MR) is 80.7 cm³/mol. The maximum Gasteiger partial charge on any atom is 0.162 e.